The average molecular weight is 263 g/mol. The molecule has 3 nitrogen and oxygen atoms in total. The molecule has 0 aliphatic carbocycles. The fourth-order valence-electron chi connectivity index (χ4n) is 1.27. The number of aliphatic hydroxyl groups is 1. The van der Waals surface area contributed by atoms with Crippen molar-refractivity contribution in [2.24, 2.45) is 0 Å². The number of hydrogen-bond donors (Lipinski definition) is 2. The van der Waals surface area contributed by atoms with Gasteiger partial charge in [0.25, 0.3) is 0 Å². The van der Waals surface area contributed by atoms with Crippen LogP contribution in [0.2, 0.25) is 5.02 Å². The van der Waals surface area contributed by atoms with E-state index in [1.807, 2.05) is 37.2 Å². The Morgan fingerprint density at radius 1 is 1.44 bits per heavy atom. The molecule has 1 aromatic carbocycles. The Labute approximate surface area is 106 Å². The smallest absolute Gasteiger partial charge is 0.0847 e. The highest BCUT2D eigenvalue weighted by molar-refractivity contribution is 6.33. The maximum atomic E-state index is 9.30. The summed E-state index contributed by atoms with van der Waals surface area (Å²) in [7, 11) is 3.87. The van der Waals surface area contributed by atoms with Gasteiger partial charge < -0.3 is 15.3 Å². The highest BCUT2D eigenvalue weighted by Crippen LogP contribution is 2.27. The first-order chi connectivity index (χ1) is 7.54. The van der Waals surface area contributed by atoms with E-state index in [1.54, 1.807) is 0 Å². The molecular weight excluding hydrogens is 247 g/mol. The first kappa shape index (κ1) is 13.4. The number of rotatable bonds is 5. The number of aliphatic hydroxyl groups excluding tert-OH is 1. The van der Waals surface area contributed by atoms with Crippen molar-refractivity contribution in [2.75, 3.05) is 36.7 Å². The summed E-state index contributed by atoms with van der Waals surface area (Å²) < 4.78 is 0. The van der Waals surface area contributed by atoms with Crippen molar-refractivity contribution in [3.05, 3.63) is 23.2 Å². The maximum Gasteiger partial charge on any atom is 0.0847 e. The second-order valence-corrected chi connectivity index (χ2v) is 4.47. The van der Waals surface area contributed by atoms with E-state index in [-0.39, 0.29) is 5.88 Å². The van der Waals surface area contributed by atoms with Crippen molar-refractivity contribution in [1.29, 1.82) is 0 Å². The van der Waals surface area contributed by atoms with Gasteiger partial charge in [0.1, 0.15) is 0 Å². The Morgan fingerprint density at radius 3 is 2.62 bits per heavy atom. The van der Waals surface area contributed by atoms with Crippen LogP contribution in [0.5, 0.6) is 0 Å². The van der Waals surface area contributed by atoms with Crippen molar-refractivity contribution in [1.82, 2.24) is 0 Å². The van der Waals surface area contributed by atoms with E-state index in [9.17, 15) is 5.11 Å². The Hall–Kier alpha value is -0.640. The van der Waals surface area contributed by atoms with Crippen LogP contribution in [-0.4, -0.2) is 37.7 Å². The van der Waals surface area contributed by atoms with E-state index >= 15 is 0 Å². The lowest BCUT2D eigenvalue weighted by Crippen LogP contribution is -2.20. The molecule has 0 aliphatic heterocycles. The summed E-state index contributed by atoms with van der Waals surface area (Å²) in [5.74, 6) is 0.219. The molecule has 90 valence electrons. The zero-order chi connectivity index (χ0) is 12.1. The van der Waals surface area contributed by atoms with E-state index in [4.69, 9.17) is 23.2 Å². The molecular formula is C11H16Cl2N2O. The summed E-state index contributed by atoms with van der Waals surface area (Å²) in [4.78, 5) is 1.94. The Morgan fingerprint density at radius 2 is 2.12 bits per heavy atom. The van der Waals surface area contributed by atoms with Crippen LogP contribution in [0.1, 0.15) is 0 Å². The van der Waals surface area contributed by atoms with E-state index in [0.717, 1.165) is 11.4 Å². The van der Waals surface area contributed by atoms with Crippen molar-refractivity contribution in [3.63, 3.8) is 0 Å². The summed E-state index contributed by atoms with van der Waals surface area (Å²) in [5.41, 5.74) is 1.84. The molecule has 0 saturated heterocycles. The fourth-order valence-corrected chi connectivity index (χ4v) is 1.73. The van der Waals surface area contributed by atoms with Crippen molar-refractivity contribution >= 4 is 34.6 Å². The van der Waals surface area contributed by atoms with E-state index in [0.29, 0.717) is 11.6 Å². The molecule has 1 atom stereocenters. The molecule has 0 bridgehead atoms. The lowest BCUT2D eigenvalue weighted by atomic mass is 10.2. The molecule has 0 radical (unpaired) electrons. The number of benzene rings is 1. The van der Waals surface area contributed by atoms with E-state index in [2.05, 4.69) is 5.32 Å². The highest BCUT2D eigenvalue weighted by atomic mass is 35.5. The average Bonchev–Trinajstić information content (AvgIpc) is 2.25. The summed E-state index contributed by atoms with van der Waals surface area (Å²) in [6, 6.07) is 5.68. The first-order valence-corrected chi connectivity index (χ1v) is 5.90. The van der Waals surface area contributed by atoms with Crippen LogP contribution >= 0.6 is 23.2 Å². The highest BCUT2D eigenvalue weighted by Gasteiger charge is 2.05. The van der Waals surface area contributed by atoms with E-state index < -0.39 is 6.10 Å². The second-order valence-electron chi connectivity index (χ2n) is 3.75. The van der Waals surface area contributed by atoms with Crippen LogP contribution in [0.25, 0.3) is 0 Å². The predicted octanol–water partition coefficient (Wildman–Crippen LogP) is 2.42. The zero-order valence-corrected chi connectivity index (χ0v) is 10.9. The Bertz CT molecular complexity index is 345. The lowest BCUT2D eigenvalue weighted by Gasteiger charge is -2.16. The third kappa shape index (κ3) is 3.74. The molecule has 0 spiro atoms. The molecule has 0 heterocycles. The van der Waals surface area contributed by atoms with Gasteiger partial charge in [0.15, 0.2) is 0 Å². The number of anilines is 2. The van der Waals surface area contributed by atoms with Gasteiger partial charge in [0, 0.05) is 26.3 Å². The third-order valence-electron chi connectivity index (χ3n) is 2.15. The monoisotopic (exact) mass is 262 g/mol. The number of nitrogens with zero attached hydrogens (tertiary/aromatic N) is 1. The van der Waals surface area contributed by atoms with Crippen molar-refractivity contribution in [2.45, 2.75) is 6.10 Å². The number of alkyl halides is 1. The molecule has 0 saturated carbocycles. The zero-order valence-electron chi connectivity index (χ0n) is 9.37. The molecule has 0 aromatic heterocycles. The number of nitrogens with one attached hydrogen (secondary N) is 1. The summed E-state index contributed by atoms with van der Waals surface area (Å²) in [5, 5.41) is 13.0. The van der Waals surface area contributed by atoms with Crippen LogP contribution < -0.4 is 10.2 Å². The van der Waals surface area contributed by atoms with Crippen LogP contribution in [0.4, 0.5) is 11.4 Å². The van der Waals surface area contributed by atoms with Gasteiger partial charge in [-0.2, -0.15) is 0 Å². The van der Waals surface area contributed by atoms with Crippen LogP contribution in [-0.2, 0) is 0 Å². The molecule has 2 N–H and O–H groups in total. The van der Waals surface area contributed by atoms with Crippen LogP contribution in [0.3, 0.4) is 0 Å². The van der Waals surface area contributed by atoms with Gasteiger partial charge in [-0.3, -0.25) is 0 Å². The standard InChI is InChI=1S/C11H16Cl2N2O/c1-15(2)11-4-3-8(5-10(11)13)14-7-9(16)6-12/h3-5,9,14,16H,6-7H2,1-2H3. The molecule has 0 aliphatic rings. The van der Waals surface area contributed by atoms with E-state index in [1.165, 1.54) is 0 Å². The van der Waals surface area contributed by atoms with Gasteiger partial charge in [-0.05, 0) is 18.2 Å². The van der Waals surface area contributed by atoms with Crippen LogP contribution in [0.15, 0.2) is 18.2 Å². The Balaban J connectivity index is 2.66. The summed E-state index contributed by atoms with van der Waals surface area (Å²) in [6.07, 6.45) is -0.547. The Kier molecular flexibility index (Phi) is 5.19. The predicted molar refractivity (Wildman–Crippen MR) is 71.0 cm³/mol. The molecule has 0 fully saturated rings. The molecule has 16 heavy (non-hydrogen) atoms. The maximum absolute atomic E-state index is 9.30. The summed E-state index contributed by atoms with van der Waals surface area (Å²) >= 11 is 11.6. The normalized spacial score (nSPS) is 12.3. The third-order valence-corrected chi connectivity index (χ3v) is 2.81. The minimum Gasteiger partial charge on any atom is -0.390 e. The van der Waals surface area contributed by atoms with Crippen LogP contribution in [0, 0.1) is 0 Å². The second kappa shape index (κ2) is 6.18. The molecule has 1 aromatic rings. The minimum atomic E-state index is -0.547. The first-order valence-electron chi connectivity index (χ1n) is 4.99. The SMILES string of the molecule is CN(C)c1ccc(NCC(O)CCl)cc1Cl. The van der Waals surface area contributed by atoms with Gasteiger partial charge in [-0.1, -0.05) is 11.6 Å². The van der Waals surface area contributed by atoms with Gasteiger partial charge in [-0.15, -0.1) is 11.6 Å². The van der Waals surface area contributed by atoms with Gasteiger partial charge in [0.05, 0.1) is 22.7 Å². The number of halogens is 2. The topological polar surface area (TPSA) is 35.5 Å². The lowest BCUT2D eigenvalue weighted by molar-refractivity contribution is 0.211. The van der Waals surface area contributed by atoms with Gasteiger partial charge >= 0.3 is 0 Å². The quantitative estimate of drug-likeness (QED) is 0.801. The van der Waals surface area contributed by atoms with Crippen molar-refractivity contribution in [3.8, 4) is 0 Å². The largest absolute Gasteiger partial charge is 0.390 e. The molecule has 1 unspecified atom stereocenters. The minimum absolute atomic E-state index is 0.219. The fraction of sp³-hybridized carbons (Fsp3) is 0.455. The van der Waals surface area contributed by atoms with Crippen molar-refractivity contribution < 1.29 is 5.11 Å². The molecule has 5 heteroatoms. The number of hydrogen-bond acceptors (Lipinski definition) is 3. The molecule has 0 amide bonds. The van der Waals surface area contributed by atoms with Gasteiger partial charge in [0.2, 0.25) is 0 Å². The summed E-state index contributed by atoms with van der Waals surface area (Å²) in [6.45, 7) is 0.418. The molecule has 1 rings (SSSR count). The van der Waals surface area contributed by atoms with Gasteiger partial charge in [-0.25, -0.2) is 0 Å².